The van der Waals surface area contributed by atoms with Crippen molar-refractivity contribution >= 4 is 55.4 Å². The number of nitrogens with zero attached hydrogens (tertiary/aromatic N) is 1. The molecule has 8 aromatic carbocycles. The van der Waals surface area contributed by atoms with Crippen LogP contribution in [0.5, 0.6) is 0 Å². The van der Waals surface area contributed by atoms with Crippen LogP contribution in [0.1, 0.15) is 0 Å². The summed E-state index contributed by atoms with van der Waals surface area (Å²) in [5.41, 5.74) is 10.9. The van der Waals surface area contributed by atoms with E-state index in [1.165, 1.54) is 4.70 Å². The van der Waals surface area contributed by atoms with Gasteiger partial charge >= 0.3 is 0 Å². The van der Waals surface area contributed by atoms with E-state index in [-0.39, 0.29) is 0 Å². The third kappa shape index (κ3) is 6.32. The Morgan fingerprint density at radius 3 is 1.37 bits per heavy atom. The first-order chi connectivity index (χ1) is 28.1. The minimum atomic E-state index is -3.15. The van der Waals surface area contributed by atoms with E-state index >= 15 is 4.57 Å². The number of hydrogen-bond donors (Lipinski definition) is 0. The van der Waals surface area contributed by atoms with Gasteiger partial charge in [0.1, 0.15) is 0 Å². The van der Waals surface area contributed by atoms with Gasteiger partial charge in [-0.25, -0.2) is 4.98 Å². The fraction of sp³-hybridized carbons (Fsp3) is 0. The fourth-order valence-corrected chi connectivity index (χ4v) is 12.0. The van der Waals surface area contributed by atoms with Crippen LogP contribution in [0.3, 0.4) is 0 Å². The van der Waals surface area contributed by atoms with Gasteiger partial charge in [-0.15, -0.1) is 11.3 Å². The summed E-state index contributed by atoms with van der Waals surface area (Å²) in [5, 5.41) is 4.71. The second kappa shape index (κ2) is 14.8. The van der Waals surface area contributed by atoms with Crippen LogP contribution in [0.4, 0.5) is 0 Å². The summed E-state index contributed by atoms with van der Waals surface area (Å²) in [4.78, 5) is 6.56. The maximum absolute atomic E-state index is 15.4. The summed E-state index contributed by atoms with van der Waals surface area (Å²) < 4.78 is 16.6. The summed E-state index contributed by atoms with van der Waals surface area (Å²) in [5.74, 6) is 0. The van der Waals surface area contributed by atoms with Gasteiger partial charge in [0.2, 0.25) is 0 Å². The van der Waals surface area contributed by atoms with Crippen molar-refractivity contribution < 1.29 is 4.57 Å². The van der Waals surface area contributed by atoms with Gasteiger partial charge in [0.05, 0.1) is 11.2 Å². The molecule has 0 aliphatic carbocycles. The molecule has 0 saturated carbocycles. The van der Waals surface area contributed by atoms with E-state index in [0.717, 1.165) is 87.3 Å². The summed E-state index contributed by atoms with van der Waals surface area (Å²) in [7, 11) is -3.15. The van der Waals surface area contributed by atoms with Crippen LogP contribution >= 0.6 is 18.5 Å². The van der Waals surface area contributed by atoms with Crippen LogP contribution in [0.25, 0.3) is 76.1 Å². The molecule has 0 unspecified atom stereocenters. The highest BCUT2D eigenvalue weighted by atomic mass is 32.1. The molecule has 2 nitrogen and oxygen atoms in total. The van der Waals surface area contributed by atoms with Gasteiger partial charge in [-0.1, -0.05) is 194 Å². The highest BCUT2D eigenvalue weighted by molar-refractivity contribution is 7.85. The van der Waals surface area contributed by atoms with E-state index in [1.807, 2.05) is 72.0 Å². The molecule has 0 bridgehead atoms. The molecule has 270 valence electrons. The molecular weight excluding hydrogens is 730 g/mol. The first-order valence-electron chi connectivity index (χ1n) is 19.1. The lowest BCUT2D eigenvalue weighted by Crippen LogP contribution is -2.24. The third-order valence-electron chi connectivity index (χ3n) is 10.7. The van der Waals surface area contributed by atoms with Gasteiger partial charge in [0, 0.05) is 47.4 Å². The Balaban J connectivity index is 1.27. The molecule has 2 aromatic heterocycles. The van der Waals surface area contributed by atoms with Crippen molar-refractivity contribution in [2.75, 3.05) is 0 Å². The molecule has 2 heterocycles. The van der Waals surface area contributed by atoms with E-state index in [9.17, 15) is 0 Å². The molecular formula is C53H36NOPS. The molecule has 0 atom stereocenters. The minimum absolute atomic E-state index is 0.806. The molecule has 0 spiro atoms. The smallest absolute Gasteiger partial charge is 0.171 e. The molecule has 0 radical (unpaired) electrons. The number of benzene rings is 8. The van der Waals surface area contributed by atoms with Crippen molar-refractivity contribution in [3.8, 4) is 55.1 Å². The van der Waals surface area contributed by atoms with Crippen molar-refractivity contribution in [1.29, 1.82) is 0 Å². The van der Waals surface area contributed by atoms with E-state index in [1.54, 1.807) is 0 Å². The maximum Gasteiger partial charge on any atom is 0.171 e. The largest absolute Gasteiger partial charge is 0.309 e. The molecule has 0 fully saturated rings. The Bertz CT molecular complexity index is 2950. The van der Waals surface area contributed by atoms with Crippen LogP contribution in [0, 0.1) is 0 Å². The Morgan fingerprint density at radius 1 is 0.386 bits per heavy atom. The van der Waals surface area contributed by atoms with Crippen LogP contribution in [-0.2, 0) is 4.57 Å². The monoisotopic (exact) mass is 765 g/mol. The molecule has 10 rings (SSSR count). The number of aromatic nitrogens is 1. The summed E-state index contributed by atoms with van der Waals surface area (Å²) in [6, 6.07) is 75.5. The zero-order valence-electron chi connectivity index (χ0n) is 31.0. The lowest BCUT2D eigenvalue weighted by Gasteiger charge is -2.20. The van der Waals surface area contributed by atoms with E-state index in [2.05, 4.69) is 158 Å². The molecule has 0 amide bonds. The van der Waals surface area contributed by atoms with E-state index < -0.39 is 7.14 Å². The quantitative estimate of drug-likeness (QED) is 0.144. The Kier molecular flexibility index (Phi) is 9.03. The van der Waals surface area contributed by atoms with Crippen molar-refractivity contribution in [3.63, 3.8) is 0 Å². The summed E-state index contributed by atoms with van der Waals surface area (Å²) in [6.07, 6.45) is 0. The van der Waals surface area contributed by atoms with Crippen LogP contribution in [0.15, 0.2) is 218 Å². The number of pyridine rings is 1. The lowest BCUT2D eigenvalue weighted by molar-refractivity contribution is 0.592. The first-order valence-corrected chi connectivity index (χ1v) is 21.7. The van der Waals surface area contributed by atoms with Gasteiger partial charge in [-0.05, 0) is 57.6 Å². The summed E-state index contributed by atoms with van der Waals surface area (Å²) in [6.45, 7) is 0. The lowest BCUT2D eigenvalue weighted by atomic mass is 9.90. The molecule has 4 heteroatoms. The van der Waals surface area contributed by atoms with Crippen molar-refractivity contribution in [2.45, 2.75) is 0 Å². The van der Waals surface area contributed by atoms with Crippen LogP contribution in [-0.4, -0.2) is 4.98 Å². The molecule has 57 heavy (non-hydrogen) atoms. The van der Waals surface area contributed by atoms with Crippen LogP contribution < -0.4 is 15.9 Å². The van der Waals surface area contributed by atoms with E-state index in [4.69, 9.17) is 4.98 Å². The van der Waals surface area contributed by atoms with Crippen molar-refractivity contribution in [2.24, 2.45) is 0 Å². The van der Waals surface area contributed by atoms with Gasteiger partial charge < -0.3 is 4.57 Å². The Hall–Kier alpha value is -6.64. The number of fused-ring (bicyclic) bond motifs is 3. The fourth-order valence-electron chi connectivity index (χ4n) is 7.98. The first kappa shape index (κ1) is 34.8. The SMILES string of the molecule is O=P(c1ccccc1)(c1ccccc1)c1ccc(-c2sc3c(c(-c4ccccc4)nc4ccccc43)c2-c2cc(-c3ccccc3)cc(-c3ccccc3)c2)cc1. The highest BCUT2D eigenvalue weighted by Gasteiger charge is 2.30. The molecule has 0 saturated heterocycles. The van der Waals surface area contributed by atoms with E-state index in [0.29, 0.717) is 0 Å². The number of thiophene rings is 1. The predicted octanol–water partition coefficient (Wildman–Crippen LogP) is 13.4. The van der Waals surface area contributed by atoms with Gasteiger partial charge in [-0.3, -0.25) is 0 Å². The minimum Gasteiger partial charge on any atom is -0.309 e. The Labute approximate surface area is 336 Å². The summed E-state index contributed by atoms with van der Waals surface area (Å²) >= 11 is 1.81. The zero-order valence-corrected chi connectivity index (χ0v) is 32.7. The maximum atomic E-state index is 15.4. The normalized spacial score (nSPS) is 11.6. The van der Waals surface area contributed by atoms with Crippen molar-refractivity contribution in [3.05, 3.63) is 218 Å². The third-order valence-corrected chi connectivity index (χ3v) is 15.1. The molecule has 0 aliphatic heterocycles. The number of rotatable bonds is 8. The second-order valence-corrected chi connectivity index (χ2v) is 18.0. The Morgan fingerprint density at radius 2 is 0.825 bits per heavy atom. The zero-order chi connectivity index (χ0) is 38.2. The van der Waals surface area contributed by atoms with Gasteiger partial charge in [0.15, 0.2) is 7.14 Å². The second-order valence-electron chi connectivity index (χ2n) is 14.2. The predicted molar refractivity (Wildman–Crippen MR) is 244 cm³/mol. The number of hydrogen-bond acceptors (Lipinski definition) is 3. The van der Waals surface area contributed by atoms with Crippen LogP contribution in [0.2, 0.25) is 0 Å². The number of para-hydroxylation sites is 1. The standard InChI is InChI=1S/C53H36NOPS/c55-56(44-24-12-4-13-25-44,45-26-14-5-15-27-45)46-32-30-40(31-33-46)52-49(43-35-41(37-18-6-1-7-19-37)34-42(36-43)38-20-8-2-9-21-38)50-51(39-22-10-3-11-23-39)54-48-29-17-16-28-47(48)53(50)57-52/h1-36H. The average molecular weight is 766 g/mol. The molecule has 10 aromatic rings. The van der Waals surface area contributed by atoms with Crippen molar-refractivity contribution in [1.82, 2.24) is 4.98 Å². The highest BCUT2D eigenvalue weighted by Crippen LogP contribution is 2.51. The average Bonchev–Trinajstić information content (AvgIpc) is 3.71. The van der Waals surface area contributed by atoms with Gasteiger partial charge in [-0.2, -0.15) is 0 Å². The molecule has 0 aliphatic rings. The van der Waals surface area contributed by atoms with Gasteiger partial charge in [0.25, 0.3) is 0 Å². The molecule has 0 N–H and O–H groups in total. The topological polar surface area (TPSA) is 30.0 Å².